The van der Waals surface area contributed by atoms with Crippen molar-refractivity contribution in [1.82, 2.24) is 0 Å². The first-order chi connectivity index (χ1) is 4.75. The summed E-state index contributed by atoms with van der Waals surface area (Å²) in [4.78, 5) is 0. The van der Waals surface area contributed by atoms with E-state index in [1.165, 1.54) is 7.11 Å². The lowest BCUT2D eigenvalue weighted by Crippen LogP contribution is -2.45. The van der Waals surface area contributed by atoms with E-state index in [2.05, 4.69) is 0 Å². The van der Waals surface area contributed by atoms with Crippen LogP contribution in [-0.2, 0) is 9.47 Å². The first-order valence-corrected chi connectivity index (χ1v) is 3.26. The summed E-state index contributed by atoms with van der Waals surface area (Å²) in [5, 5.41) is 18.2. The van der Waals surface area contributed by atoms with E-state index in [9.17, 15) is 0 Å². The molecule has 0 amide bonds. The van der Waals surface area contributed by atoms with Crippen LogP contribution in [0.15, 0.2) is 0 Å². The van der Waals surface area contributed by atoms with Crippen LogP contribution in [0, 0.1) is 0 Å². The molecule has 0 aromatic rings. The zero-order chi connectivity index (χ0) is 7.56. The van der Waals surface area contributed by atoms with E-state index in [-0.39, 0.29) is 0 Å². The summed E-state index contributed by atoms with van der Waals surface area (Å²) in [6.45, 7) is 0.441. The topological polar surface area (TPSA) is 58.9 Å². The van der Waals surface area contributed by atoms with Crippen molar-refractivity contribution >= 4 is 0 Å². The van der Waals surface area contributed by atoms with Crippen LogP contribution in [0.25, 0.3) is 0 Å². The monoisotopic (exact) mass is 148 g/mol. The second kappa shape index (κ2) is 3.30. The molecule has 0 radical (unpaired) electrons. The first-order valence-electron chi connectivity index (χ1n) is 3.26. The van der Waals surface area contributed by atoms with Gasteiger partial charge in [-0.05, 0) is 6.42 Å². The van der Waals surface area contributed by atoms with Gasteiger partial charge in [-0.1, -0.05) is 0 Å². The van der Waals surface area contributed by atoms with E-state index in [1.807, 2.05) is 0 Å². The van der Waals surface area contributed by atoms with Crippen LogP contribution in [0.3, 0.4) is 0 Å². The third kappa shape index (κ3) is 1.46. The van der Waals surface area contributed by atoms with Crippen LogP contribution in [0.4, 0.5) is 0 Å². The molecule has 1 heterocycles. The smallest absolute Gasteiger partial charge is 0.185 e. The lowest BCUT2D eigenvalue weighted by molar-refractivity contribution is -0.232. The molecule has 1 fully saturated rings. The van der Waals surface area contributed by atoms with Crippen LogP contribution in [0.5, 0.6) is 0 Å². The Morgan fingerprint density at radius 3 is 2.70 bits per heavy atom. The maximum absolute atomic E-state index is 9.14. The van der Waals surface area contributed by atoms with Crippen LogP contribution < -0.4 is 0 Å². The molecule has 3 atom stereocenters. The molecule has 0 aromatic heterocycles. The number of ether oxygens (including phenoxy) is 2. The van der Waals surface area contributed by atoms with Crippen molar-refractivity contribution in [2.75, 3.05) is 13.7 Å². The molecular formula is C6H12O4. The highest BCUT2D eigenvalue weighted by Crippen LogP contribution is 2.14. The maximum Gasteiger partial charge on any atom is 0.185 e. The fourth-order valence-corrected chi connectivity index (χ4v) is 0.963. The summed E-state index contributed by atoms with van der Waals surface area (Å²) in [7, 11) is 1.44. The Hall–Kier alpha value is -0.160. The molecule has 1 rings (SSSR count). The fourth-order valence-electron chi connectivity index (χ4n) is 0.963. The third-order valence-corrected chi connectivity index (χ3v) is 1.60. The highest BCUT2D eigenvalue weighted by molar-refractivity contribution is 4.74. The zero-order valence-electron chi connectivity index (χ0n) is 5.86. The molecule has 4 nitrogen and oxygen atoms in total. The van der Waals surface area contributed by atoms with Crippen LogP contribution >= 0.6 is 0 Å². The predicted octanol–water partition coefficient (Wildman–Crippen LogP) is -0.899. The lowest BCUT2D eigenvalue weighted by Gasteiger charge is -2.30. The molecule has 0 saturated carbocycles. The number of rotatable bonds is 1. The molecule has 2 N–H and O–H groups in total. The van der Waals surface area contributed by atoms with Crippen LogP contribution in [-0.4, -0.2) is 42.4 Å². The number of methoxy groups -OCH3 is 1. The maximum atomic E-state index is 9.14. The summed E-state index contributed by atoms with van der Waals surface area (Å²) in [6.07, 6.45) is -1.80. The van der Waals surface area contributed by atoms with Gasteiger partial charge in [0.25, 0.3) is 0 Å². The number of hydrogen-bond acceptors (Lipinski definition) is 4. The van der Waals surface area contributed by atoms with E-state index >= 15 is 0 Å². The van der Waals surface area contributed by atoms with Gasteiger partial charge in [0.2, 0.25) is 0 Å². The Morgan fingerprint density at radius 2 is 2.20 bits per heavy atom. The van der Waals surface area contributed by atoms with Gasteiger partial charge in [0, 0.05) is 7.11 Å². The number of aliphatic hydroxyl groups excluding tert-OH is 2. The molecule has 0 spiro atoms. The molecular weight excluding hydrogens is 136 g/mol. The third-order valence-electron chi connectivity index (χ3n) is 1.60. The molecule has 1 aliphatic heterocycles. The van der Waals surface area contributed by atoms with E-state index in [1.54, 1.807) is 0 Å². The molecule has 1 saturated heterocycles. The Balaban J connectivity index is 2.42. The van der Waals surface area contributed by atoms with Crippen LogP contribution in [0.1, 0.15) is 6.42 Å². The van der Waals surface area contributed by atoms with E-state index in [0.717, 1.165) is 0 Å². The quantitative estimate of drug-likeness (QED) is 0.506. The van der Waals surface area contributed by atoms with Gasteiger partial charge >= 0.3 is 0 Å². The highest BCUT2D eigenvalue weighted by atomic mass is 16.7. The number of hydrogen-bond donors (Lipinski definition) is 2. The van der Waals surface area contributed by atoms with Crippen molar-refractivity contribution < 1.29 is 19.7 Å². The standard InChI is InChI=1S/C6H12O4/c1-9-6-5(8)4(7)2-3-10-6/h4-8H,2-3H2,1H3/t4-,5-,6-/m0/s1. The Morgan fingerprint density at radius 1 is 1.50 bits per heavy atom. The Labute approximate surface area is 59.4 Å². The van der Waals surface area contributed by atoms with Gasteiger partial charge in [0.15, 0.2) is 6.29 Å². The summed E-state index contributed by atoms with van der Waals surface area (Å²) in [6, 6.07) is 0. The Kier molecular flexibility index (Phi) is 2.62. The minimum Gasteiger partial charge on any atom is -0.390 e. The van der Waals surface area contributed by atoms with Crippen molar-refractivity contribution in [2.24, 2.45) is 0 Å². The van der Waals surface area contributed by atoms with E-state index < -0.39 is 18.5 Å². The fraction of sp³-hybridized carbons (Fsp3) is 1.00. The molecule has 0 bridgehead atoms. The summed E-state index contributed by atoms with van der Waals surface area (Å²) in [5.41, 5.74) is 0. The van der Waals surface area contributed by atoms with Crippen molar-refractivity contribution in [1.29, 1.82) is 0 Å². The van der Waals surface area contributed by atoms with Gasteiger partial charge < -0.3 is 19.7 Å². The van der Waals surface area contributed by atoms with Crippen molar-refractivity contribution in [2.45, 2.75) is 24.9 Å². The number of aliphatic hydroxyl groups is 2. The largest absolute Gasteiger partial charge is 0.390 e. The van der Waals surface area contributed by atoms with Gasteiger partial charge in [-0.25, -0.2) is 0 Å². The van der Waals surface area contributed by atoms with Gasteiger partial charge in [-0.3, -0.25) is 0 Å². The minimum atomic E-state index is -0.904. The predicted molar refractivity (Wildman–Crippen MR) is 33.4 cm³/mol. The Bertz CT molecular complexity index is 106. The van der Waals surface area contributed by atoms with E-state index in [4.69, 9.17) is 19.7 Å². The average Bonchev–Trinajstić information content (AvgIpc) is 1.95. The van der Waals surface area contributed by atoms with Crippen molar-refractivity contribution in [3.05, 3.63) is 0 Å². The second-order valence-electron chi connectivity index (χ2n) is 2.32. The summed E-state index contributed by atoms with van der Waals surface area (Å²) in [5.74, 6) is 0. The first kappa shape index (κ1) is 7.94. The molecule has 4 heteroatoms. The second-order valence-corrected chi connectivity index (χ2v) is 2.32. The molecule has 1 aliphatic rings. The molecule has 60 valence electrons. The highest BCUT2D eigenvalue weighted by Gasteiger charge is 2.30. The zero-order valence-corrected chi connectivity index (χ0v) is 5.86. The minimum absolute atomic E-state index is 0.441. The van der Waals surface area contributed by atoms with Gasteiger partial charge in [0.1, 0.15) is 6.10 Å². The van der Waals surface area contributed by atoms with E-state index in [0.29, 0.717) is 13.0 Å². The van der Waals surface area contributed by atoms with Crippen molar-refractivity contribution in [3.8, 4) is 0 Å². The molecule has 0 aromatic carbocycles. The molecule has 0 aliphatic carbocycles. The molecule has 10 heavy (non-hydrogen) atoms. The normalized spacial score (nSPS) is 41.7. The SMILES string of the molecule is CO[C@H]1OCC[C@H](O)[C@@H]1O. The van der Waals surface area contributed by atoms with Gasteiger partial charge in [0.05, 0.1) is 12.7 Å². The lowest BCUT2D eigenvalue weighted by atomic mass is 10.1. The summed E-state index contributed by atoms with van der Waals surface area (Å²) >= 11 is 0. The van der Waals surface area contributed by atoms with Crippen LogP contribution in [0.2, 0.25) is 0 Å². The molecule has 0 unspecified atom stereocenters. The van der Waals surface area contributed by atoms with Crippen molar-refractivity contribution in [3.63, 3.8) is 0 Å². The van der Waals surface area contributed by atoms with Gasteiger partial charge in [-0.15, -0.1) is 0 Å². The van der Waals surface area contributed by atoms with Gasteiger partial charge in [-0.2, -0.15) is 0 Å². The summed E-state index contributed by atoms with van der Waals surface area (Å²) < 4.78 is 9.72. The average molecular weight is 148 g/mol.